The van der Waals surface area contributed by atoms with Crippen LogP contribution in [-0.2, 0) is 20.9 Å². The molecule has 0 spiro atoms. The molecule has 2 aromatic carbocycles. The third-order valence-corrected chi connectivity index (χ3v) is 6.60. The van der Waals surface area contributed by atoms with Gasteiger partial charge in [0.1, 0.15) is 17.2 Å². The maximum Gasteiger partial charge on any atom is 0.306 e. The Balaban J connectivity index is 1.30. The Kier molecular flexibility index (Phi) is 7.08. The lowest BCUT2D eigenvalue weighted by Crippen LogP contribution is -2.27. The number of esters is 1. The second-order valence-electron chi connectivity index (χ2n) is 11.0. The van der Waals surface area contributed by atoms with Crippen LogP contribution in [0.1, 0.15) is 39.2 Å². The molecule has 9 heteroatoms. The zero-order valence-corrected chi connectivity index (χ0v) is 22.6. The van der Waals surface area contributed by atoms with Crippen LogP contribution in [0.5, 0.6) is 0 Å². The fraction of sp³-hybridized carbons (Fsp3) is 0.333. The normalized spacial score (nSPS) is 15.7. The van der Waals surface area contributed by atoms with Crippen LogP contribution < -0.4 is 9.80 Å². The molecule has 0 saturated carbocycles. The van der Waals surface area contributed by atoms with E-state index < -0.39 is 5.60 Å². The van der Waals surface area contributed by atoms with Crippen LogP contribution in [-0.4, -0.2) is 45.7 Å². The van der Waals surface area contributed by atoms with Gasteiger partial charge in [0.25, 0.3) is 0 Å². The molecule has 2 aromatic heterocycles. The lowest BCUT2D eigenvalue weighted by molar-refractivity contribution is -0.155. The second-order valence-corrected chi connectivity index (χ2v) is 11.0. The number of carbonyl (C=O) groups is 2. The number of benzene rings is 2. The van der Waals surface area contributed by atoms with Crippen LogP contribution in [0.25, 0.3) is 16.9 Å². The number of fused-ring (bicyclic) bond motifs is 1. The summed E-state index contributed by atoms with van der Waals surface area (Å²) >= 11 is 0. The molecule has 1 aliphatic heterocycles. The van der Waals surface area contributed by atoms with Crippen LogP contribution in [0.15, 0.2) is 66.9 Å². The molecule has 5 rings (SSSR count). The van der Waals surface area contributed by atoms with Gasteiger partial charge in [0.15, 0.2) is 5.65 Å². The number of anilines is 2. The van der Waals surface area contributed by atoms with Gasteiger partial charge in [0, 0.05) is 37.8 Å². The first kappa shape index (κ1) is 26.3. The van der Waals surface area contributed by atoms with Gasteiger partial charge in [-0.15, -0.1) is 5.10 Å². The fourth-order valence-corrected chi connectivity index (χ4v) is 4.85. The first-order valence-electron chi connectivity index (χ1n) is 13.0. The number of amides is 1. The summed E-state index contributed by atoms with van der Waals surface area (Å²) in [7, 11) is 1.91. The number of halogens is 1. The van der Waals surface area contributed by atoms with E-state index in [1.165, 1.54) is 12.1 Å². The molecule has 0 aliphatic carbocycles. The molecule has 39 heavy (non-hydrogen) atoms. The quantitative estimate of drug-likeness (QED) is 0.304. The average Bonchev–Trinajstić information content (AvgIpc) is 3.45. The van der Waals surface area contributed by atoms with E-state index in [-0.39, 0.29) is 30.0 Å². The predicted octanol–water partition coefficient (Wildman–Crippen LogP) is 5.26. The third kappa shape index (κ3) is 6.08. The number of hydrogen-bond acceptors (Lipinski definition) is 6. The van der Waals surface area contributed by atoms with E-state index in [9.17, 15) is 14.0 Å². The molecular weight excluding hydrogens is 497 g/mol. The van der Waals surface area contributed by atoms with Crippen LogP contribution in [0.2, 0.25) is 0 Å². The number of ether oxygens (including phenoxy) is 1. The number of aromatic nitrogens is 3. The Morgan fingerprint density at radius 3 is 2.62 bits per heavy atom. The van der Waals surface area contributed by atoms with Crippen molar-refractivity contribution in [3.63, 3.8) is 0 Å². The van der Waals surface area contributed by atoms with Crippen LogP contribution >= 0.6 is 0 Å². The van der Waals surface area contributed by atoms with E-state index in [2.05, 4.69) is 4.98 Å². The first-order valence-corrected chi connectivity index (χ1v) is 13.0. The minimum absolute atomic E-state index is 0.00115. The minimum atomic E-state index is -0.542. The van der Waals surface area contributed by atoms with Gasteiger partial charge in [-0.1, -0.05) is 24.3 Å². The van der Waals surface area contributed by atoms with Crippen molar-refractivity contribution in [1.82, 2.24) is 14.6 Å². The topological polar surface area (TPSA) is 80.0 Å². The first-order chi connectivity index (χ1) is 18.6. The average molecular weight is 530 g/mol. The molecule has 3 heterocycles. The van der Waals surface area contributed by atoms with Gasteiger partial charge >= 0.3 is 5.97 Å². The molecule has 0 unspecified atom stereocenters. The van der Waals surface area contributed by atoms with Gasteiger partial charge in [-0.05, 0) is 68.7 Å². The molecule has 202 valence electrons. The van der Waals surface area contributed by atoms with Gasteiger partial charge in [-0.2, -0.15) is 0 Å². The third-order valence-electron chi connectivity index (χ3n) is 6.60. The molecule has 1 fully saturated rings. The van der Waals surface area contributed by atoms with E-state index in [1.54, 1.807) is 21.7 Å². The molecule has 0 radical (unpaired) electrons. The van der Waals surface area contributed by atoms with E-state index >= 15 is 0 Å². The summed E-state index contributed by atoms with van der Waals surface area (Å²) < 4.78 is 20.8. The lowest BCUT2D eigenvalue weighted by atomic mass is 10.0. The number of rotatable bonds is 7. The fourth-order valence-electron chi connectivity index (χ4n) is 4.85. The number of hydrogen-bond donors (Lipinski definition) is 0. The van der Waals surface area contributed by atoms with E-state index in [0.29, 0.717) is 25.2 Å². The van der Waals surface area contributed by atoms with Gasteiger partial charge in [0.2, 0.25) is 5.91 Å². The second kappa shape index (κ2) is 10.5. The zero-order valence-electron chi connectivity index (χ0n) is 22.6. The van der Waals surface area contributed by atoms with Gasteiger partial charge in [0.05, 0.1) is 18.3 Å². The molecule has 0 bridgehead atoms. The highest BCUT2D eigenvalue weighted by molar-refractivity contribution is 5.96. The maximum absolute atomic E-state index is 13.6. The van der Waals surface area contributed by atoms with E-state index in [1.807, 2.05) is 75.2 Å². The minimum Gasteiger partial charge on any atom is -0.460 e. The molecule has 0 N–H and O–H groups in total. The van der Waals surface area contributed by atoms with E-state index in [4.69, 9.17) is 9.84 Å². The highest BCUT2D eigenvalue weighted by atomic mass is 19.1. The molecule has 4 aromatic rings. The van der Waals surface area contributed by atoms with Gasteiger partial charge < -0.3 is 14.5 Å². The Morgan fingerprint density at radius 1 is 1.13 bits per heavy atom. The van der Waals surface area contributed by atoms with E-state index in [0.717, 1.165) is 28.3 Å². The monoisotopic (exact) mass is 529 g/mol. The molecule has 8 nitrogen and oxygen atoms in total. The highest BCUT2D eigenvalue weighted by Gasteiger charge is 2.33. The Hall–Kier alpha value is -4.27. The van der Waals surface area contributed by atoms with Crippen LogP contribution in [0.3, 0.4) is 0 Å². The maximum atomic E-state index is 13.6. The van der Waals surface area contributed by atoms with Crippen LogP contribution in [0, 0.1) is 11.7 Å². The summed E-state index contributed by atoms with van der Waals surface area (Å²) in [6.45, 7) is 6.50. The smallest absolute Gasteiger partial charge is 0.306 e. The van der Waals surface area contributed by atoms with Crippen molar-refractivity contribution in [3.8, 4) is 11.3 Å². The number of imidazole rings is 1. The number of nitrogens with zero attached hydrogens (tertiary/aromatic N) is 5. The Morgan fingerprint density at radius 2 is 1.90 bits per heavy atom. The van der Waals surface area contributed by atoms with Crippen molar-refractivity contribution < 1.29 is 18.7 Å². The van der Waals surface area contributed by atoms with Crippen molar-refractivity contribution >= 4 is 29.0 Å². The largest absolute Gasteiger partial charge is 0.460 e. The number of carbonyl (C=O) groups excluding carboxylic acids is 2. The van der Waals surface area contributed by atoms with Gasteiger partial charge in [-0.25, -0.2) is 13.9 Å². The molecule has 1 atom stereocenters. The van der Waals surface area contributed by atoms with Crippen molar-refractivity contribution in [2.45, 2.75) is 45.8 Å². The predicted molar refractivity (Wildman–Crippen MR) is 148 cm³/mol. The molecule has 1 saturated heterocycles. The van der Waals surface area contributed by atoms with Crippen LogP contribution in [0.4, 0.5) is 15.9 Å². The zero-order chi connectivity index (χ0) is 27.7. The summed E-state index contributed by atoms with van der Waals surface area (Å²) in [5.41, 5.74) is 3.52. The SMILES string of the molecule is CN(Cc1cccc(F)c1)c1ccc2ncc(-c3ccc(N4C[C@@H](CC(=O)OC(C)(C)C)CC4=O)cc3)n2n1. The summed E-state index contributed by atoms with van der Waals surface area (Å²) in [4.78, 5) is 33.1. The van der Waals surface area contributed by atoms with Crippen molar-refractivity contribution in [2.24, 2.45) is 5.92 Å². The lowest BCUT2D eigenvalue weighted by Gasteiger charge is -2.21. The van der Waals surface area contributed by atoms with Crippen molar-refractivity contribution in [3.05, 3.63) is 78.2 Å². The van der Waals surface area contributed by atoms with Crippen molar-refractivity contribution in [1.29, 1.82) is 0 Å². The summed E-state index contributed by atoms with van der Waals surface area (Å²) in [6, 6.07) is 18.0. The molecular formula is C30H32FN5O3. The Bertz CT molecular complexity index is 1510. The highest BCUT2D eigenvalue weighted by Crippen LogP contribution is 2.30. The molecule has 1 aliphatic rings. The van der Waals surface area contributed by atoms with Crippen molar-refractivity contribution in [2.75, 3.05) is 23.4 Å². The van der Waals surface area contributed by atoms with Gasteiger partial charge in [-0.3, -0.25) is 9.59 Å². The summed E-state index contributed by atoms with van der Waals surface area (Å²) in [5.74, 6) is 0.107. The Labute approximate surface area is 227 Å². The molecule has 1 amide bonds. The standard InChI is InChI=1S/C30H32FN5O3/c1-30(2,3)39-29(38)16-21-15-28(37)35(19-21)24-10-8-22(9-11-24)25-17-32-26-12-13-27(33-36(25)26)34(4)18-20-6-5-7-23(31)14-20/h5-14,17,21H,15-16,18-19H2,1-4H3/t21-/m1/s1. The summed E-state index contributed by atoms with van der Waals surface area (Å²) in [6.07, 6.45) is 2.32. The summed E-state index contributed by atoms with van der Waals surface area (Å²) in [5, 5.41) is 4.78.